The van der Waals surface area contributed by atoms with Gasteiger partial charge in [-0.25, -0.2) is 0 Å². The van der Waals surface area contributed by atoms with Crippen LogP contribution in [0.5, 0.6) is 0 Å². The smallest absolute Gasteiger partial charge is 0.305 e. The summed E-state index contributed by atoms with van der Waals surface area (Å²) in [5.74, 6) is 1.93. The molecule has 0 aliphatic carbocycles. The van der Waals surface area contributed by atoms with Crippen molar-refractivity contribution < 1.29 is 14.6 Å². The van der Waals surface area contributed by atoms with Crippen LogP contribution in [0.15, 0.2) is 0 Å². The second-order valence-corrected chi connectivity index (χ2v) is 4.52. The van der Waals surface area contributed by atoms with Gasteiger partial charge in [-0.2, -0.15) is 11.8 Å². The molecule has 0 aromatic rings. The first-order valence-corrected chi connectivity index (χ1v) is 5.72. The zero-order chi connectivity index (χ0) is 9.68. The van der Waals surface area contributed by atoms with Crippen molar-refractivity contribution in [1.82, 2.24) is 0 Å². The highest BCUT2D eigenvalue weighted by Gasteiger charge is 2.24. The summed E-state index contributed by atoms with van der Waals surface area (Å²) in [6.45, 7) is 0. The highest BCUT2D eigenvalue weighted by molar-refractivity contribution is 7.99. The standard InChI is InChI=1S/C9H16O3S/c1-12-9(11)6-7-2-4-13-5-3-8(7)10/h7-8,10H,2-6H2,1H3/t7-,8-/m1/s1. The molecular formula is C9H16O3S. The summed E-state index contributed by atoms with van der Waals surface area (Å²) >= 11 is 1.85. The Morgan fingerprint density at radius 2 is 2.23 bits per heavy atom. The van der Waals surface area contributed by atoms with Gasteiger partial charge in [0.25, 0.3) is 0 Å². The minimum atomic E-state index is -0.325. The Balaban J connectivity index is 2.40. The SMILES string of the molecule is COC(=O)C[C@H]1CCSCC[C@H]1O. The molecule has 1 heterocycles. The van der Waals surface area contributed by atoms with E-state index in [9.17, 15) is 9.90 Å². The van der Waals surface area contributed by atoms with Crippen molar-refractivity contribution in [3.8, 4) is 0 Å². The third-order valence-corrected chi connectivity index (χ3v) is 3.44. The average Bonchev–Trinajstić information content (AvgIpc) is 2.32. The van der Waals surface area contributed by atoms with Gasteiger partial charge in [0.15, 0.2) is 0 Å². The first-order chi connectivity index (χ1) is 6.24. The Hall–Kier alpha value is -0.220. The van der Waals surface area contributed by atoms with E-state index in [1.807, 2.05) is 11.8 Å². The van der Waals surface area contributed by atoms with Crippen LogP contribution in [0.4, 0.5) is 0 Å². The quantitative estimate of drug-likeness (QED) is 0.683. The number of aliphatic hydroxyl groups excluding tert-OH is 1. The molecule has 0 aromatic heterocycles. The minimum absolute atomic E-state index is 0.0995. The van der Waals surface area contributed by atoms with E-state index >= 15 is 0 Å². The number of thioether (sulfide) groups is 1. The number of carbonyl (C=O) groups excluding carboxylic acids is 1. The molecule has 1 fully saturated rings. The fraction of sp³-hybridized carbons (Fsp3) is 0.889. The first kappa shape index (κ1) is 10.9. The van der Waals surface area contributed by atoms with Gasteiger partial charge in [0, 0.05) is 0 Å². The van der Waals surface area contributed by atoms with E-state index < -0.39 is 0 Å². The summed E-state index contributed by atoms with van der Waals surface area (Å²) < 4.78 is 4.59. The lowest BCUT2D eigenvalue weighted by molar-refractivity contribution is -0.142. The molecule has 4 heteroatoms. The van der Waals surface area contributed by atoms with E-state index in [2.05, 4.69) is 4.74 Å². The van der Waals surface area contributed by atoms with E-state index in [4.69, 9.17) is 0 Å². The van der Waals surface area contributed by atoms with Gasteiger partial charge in [0.1, 0.15) is 0 Å². The van der Waals surface area contributed by atoms with Gasteiger partial charge in [-0.1, -0.05) is 0 Å². The topological polar surface area (TPSA) is 46.5 Å². The molecule has 1 N–H and O–H groups in total. The maximum absolute atomic E-state index is 11.0. The summed E-state index contributed by atoms with van der Waals surface area (Å²) in [4.78, 5) is 11.0. The Labute approximate surface area is 82.8 Å². The van der Waals surface area contributed by atoms with Crippen LogP contribution >= 0.6 is 11.8 Å². The van der Waals surface area contributed by atoms with Crippen molar-refractivity contribution in [2.24, 2.45) is 5.92 Å². The maximum Gasteiger partial charge on any atom is 0.305 e. The largest absolute Gasteiger partial charge is 0.469 e. The average molecular weight is 204 g/mol. The van der Waals surface area contributed by atoms with Crippen molar-refractivity contribution in [2.75, 3.05) is 18.6 Å². The summed E-state index contributed by atoms with van der Waals surface area (Å²) in [5, 5.41) is 9.67. The number of carbonyl (C=O) groups is 1. The summed E-state index contributed by atoms with van der Waals surface area (Å²) in [6, 6.07) is 0. The number of hydrogen-bond donors (Lipinski definition) is 1. The lowest BCUT2D eigenvalue weighted by Crippen LogP contribution is -2.23. The molecule has 0 saturated carbocycles. The van der Waals surface area contributed by atoms with Crippen LogP contribution in [-0.4, -0.2) is 35.8 Å². The van der Waals surface area contributed by atoms with Crippen molar-refractivity contribution in [2.45, 2.75) is 25.4 Å². The highest BCUT2D eigenvalue weighted by atomic mass is 32.2. The zero-order valence-corrected chi connectivity index (χ0v) is 8.68. The predicted octanol–water partition coefficient (Wildman–Crippen LogP) is 1.05. The molecule has 1 aliphatic rings. The second kappa shape index (κ2) is 5.50. The number of hydrogen-bond acceptors (Lipinski definition) is 4. The molecule has 0 spiro atoms. The molecular weight excluding hydrogens is 188 g/mol. The predicted molar refractivity (Wildman–Crippen MR) is 52.7 cm³/mol. The minimum Gasteiger partial charge on any atom is -0.469 e. The Morgan fingerprint density at radius 1 is 1.54 bits per heavy atom. The molecule has 0 unspecified atom stereocenters. The van der Waals surface area contributed by atoms with Crippen molar-refractivity contribution >= 4 is 17.7 Å². The molecule has 0 bridgehead atoms. The van der Waals surface area contributed by atoms with Crippen LogP contribution in [0.2, 0.25) is 0 Å². The molecule has 0 amide bonds. The summed E-state index contributed by atoms with van der Waals surface area (Å²) in [7, 11) is 1.39. The normalized spacial score (nSPS) is 29.4. The van der Waals surface area contributed by atoms with Crippen LogP contribution < -0.4 is 0 Å². The third-order valence-electron chi connectivity index (χ3n) is 2.39. The van der Waals surface area contributed by atoms with Crippen LogP contribution in [0.1, 0.15) is 19.3 Å². The van der Waals surface area contributed by atoms with Gasteiger partial charge in [-0.05, 0) is 30.3 Å². The van der Waals surface area contributed by atoms with E-state index in [0.29, 0.717) is 6.42 Å². The molecule has 2 atom stereocenters. The van der Waals surface area contributed by atoms with Crippen LogP contribution in [0, 0.1) is 5.92 Å². The third kappa shape index (κ3) is 3.56. The van der Waals surface area contributed by atoms with Crippen LogP contribution in [-0.2, 0) is 9.53 Å². The van der Waals surface area contributed by atoms with E-state index in [0.717, 1.165) is 24.3 Å². The number of rotatable bonds is 2. The molecule has 13 heavy (non-hydrogen) atoms. The highest BCUT2D eigenvalue weighted by Crippen LogP contribution is 2.25. The number of aliphatic hydroxyl groups is 1. The van der Waals surface area contributed by atoms with Gasteiger partial charge < -0.3 is 9.84 Å². The number of methoxy groups -OCH3 is 1. The first-order valence-electron chi connectivity index (χ1n) is 4.56. The lowest BCUT2D eigenvalue weighted by Gasteiger charge is -2.18. The van der Waals surface area contributed by atoms with Gasteiger partial charge in [0.05, 0.1) is 19.6 Å². The second-order valence-electron chi connectivity index (χ2n) is 3.30. The zero-order valence-electron chi connectivity index (χ0n) is 7.86. The Bertz CT molecular complexity index is 172. The fourth-order valence-corrected chi connectivity index (χ4v) is 2.59. The molecule has 0 radical (unpaired) electrons. The van der Waals surface area contributed by atoms with Gasteiger partial charge in [0.2, 0.25) is 0 Å². The summed E-state index contributed by atoms with van der Waals surface area (Å²) in [5.41, 5.74) is 0. The van der Waals surface area contributed by atoms with E-state index in [-0.39, 0.29) is 18.0 Å². The molecule has 1 aliphatic heterocycles. The molecule has 1 rings (SSSR count). The van der Waals surface area contributed by atoms with Gasteiger partial charge >= 0.3 is 5.97 Å². The Kier molecular flexibility index (Phi) is 4.59. The van der Waals surface area contributed by atoms with Crippen LogP contribution in [0.25, 0.3) is 0 Å². The van der Waals surface area contributed by atoms with Crippen molar-refractivity contribution in [3.63, 3.8) is 0 Å². The molecule has 3 nitrogen and oxygen atoms in total. The fourth-order valence-electron chi connectivity index (χ4n) is 1.50. The van der Waals surface area contributed by atoms with E-state index in [1.54, 1.807) is 0 Å². The maximum atomic E-state index is 11.0. The molecule has 0 aromatic carbocycles. The molecule has 1 saturated heterocycles. The lowest BCUT2D eigenvalue weighted by atomic mass is 9.94. The molecule has 76 valence electrons. The van der Waals surface area contributed by atoms with E-state index in [1.165, 1.54) is 7.11 Å². The number of esters is 1. The van der Waals surface area contributed by atoms with Crippen molar-refractivity contribution in [1.29, 1.82) is 0 Å². The van der Waals surface area contributed by atoms with Crippen molar-refractivity contribution in [3.05, 3.63) is 0 Å². The monoisotopic (exact) mass is 204 g/mol. The van der Waals surface area contributed by atoms with Crippen LogP contribution in [0.3, 0.4) is 0 Å². The number of ether oxygens (including phenoxy) is 1. The van der Waals surface area contributed by atoms with Gasteiger partial charge in [-0.3, -0.25) is 4.79 Å². The Morgan fingerprint density at radius 3 is 2.92 bits per heavy atom. The van der Waals surface area contributed by atoms with Gasteiger partial charge in [-0.15, -0.1) is 0 Å². The summed E-state index contributed by atoms with van der Waals surface area (Å²) in [6.07, 6.45) is 1.75.